The van der Waals surface area contributed by atoms with E-state index >= 15 is 0 Å². The van der Waals surface area contributed by atoms with Crippen LogP contribution in [0.2, 0.25) is 0 Å². The first-order valence-corrected chi connectivity index (χ1v) is 9.76. The number of hydrogen-bond acceptors (Lipinski definition) is 4. The standard InChI is InChI=1S/C19H28N4OS/c1-13(2)10-16-6-8-17(9-7-16)15(5)21-18(24)11-25-19-22-20-12-23(19)14(3)4/h6-9,12-15H,10-11H2,1-5H3,(H,21,24). The van der Waals surface area contributed by atoms with E-state index in [0.29, 0.717) is 11.7 Å². The van der Waals surface area contributed by atoms with E-state index in [0.717, 1.165) is 17.1 Å². The van der Waals surface area contributed by atoms with Crippen molar-refractivity contribution in [3.63, 3.8) is 0 Å². The van der Waals surface area contributed by atoms with Gasteiger partial charge in [0.15, 0.2) is 5.16 Å². The van der Waals surface area contributed by atoms with Crippen LogP contribution in [0.1, 0.15) is 57.8 Å². The van der Waals surface area contributed by atoms with E-state index in [-0.39, 0.29) is 18.0 Å². The second kappa shape index (κ2) is 9.04. The minimum atomic E-state index is -0.0100. The molecule has 0 aliphatic carbocycles. The van der Waals surface area contributed by atoms with E-state index in [9.17, 15) is 4.79 Å². The molecule has 1 unspecified atom stereocenters. The number of aromatic nitrogens is 3. The van der Waals surface area contributed by atoms with Gasteiger partial charge in [-0.15, -0.1) is 10.2 Å². The molecule has 5 nitrogen and oxygen atoms in total. The van der Waals surface area contributed by atoms with Gasteiger partial charge >= 0.3 is 0 Å². The molecule has 0 aliphatic heterocycles. The van der Waals surface area contributed by atoms with Gasteiger partial charge in [-0.3, -0.25) is 4.79 Å². The Morgan fingerprint density at radius 1 is 1.16 bits per heavy atom. The van der Waals surface area contributed by atoms with Gasteiger partial charge in [-0.2, -0.15) is 0 Å². The largest absolute Gasteiger partial charge is 0.349 e. The second-order valence-corrected chi connectivity index (χ2v) is 7.97. The van der Waals surface area contributed by atoms with Crippen molar-refractivity contribution in [2.45, 2.75) is 58.3 Å². The zero-order valence-corrected chi connectivity index (χ0v) is 16.5. The highest BCUT2D eigenvalue weighted by atomic mass is 32.2. The number of carbonyl (C=O) groups excluding carboxylic acids is 1. The summed E-state index contributed by atoms with van der Waals surface area (Å²) in [6.45, 7) is 10.6. The second-order valence-electron chi connectivity index (χ2n) is 7.03. The van der Waals surface area contributed by atoms with Crippen molar-refractivity contribution >= 4 is 17.7 Å². The number of hydrogen-bond donors (Lipinski definition) is 1. The third kappa shape index (κ3) is 5.88. The SMILES string of the molecule is CC(C)Cc1ccc(C(C)NC(=O)CSc2nncn2C(C)C)cc1. The summed E-state index contributed by atoms with van der Waals surface area (Å²) in [5.74, 6) is 0.983. The van der Waals surface area contributed by atoms with Gasteiger partial charge in [0, 0.05) is 6.04 Å². The summed E-state index contributed by atoms with van der Waals surface area (Å²) < 4.78 is 1.97. The van der Waals surface area contributed by atoms with Crippen molar-refractivity contribution in [1.29, 1.82) is 0 Å². The molecule has 1 N–H and O–H groups in total. The number of rotatable bonds is 8. The van der Waals surface area contributed by atoms with Gasteiger partial charge in [0.1, 0.15) is 6.33 Å². The van der Waals surface area contributed by atoms with Crippen LogP contribution in [-0.4, -0.2) is 26.4 Å². The molecule has 1 atom stereocenters. The average Bonchev–Trinajstić information content (AvgIpc) is 3.01. The van der Waals surface area contributed by atoms with Crippen LogP contribution in [-0.2, 0) is 11.2 Å². The summed E-state index contributed by atoms with van der Waals surface area (Å²) in [5.41, 5.74) is 2.46. The van der Waals surface area contributed by atoms with Crippen LogP contribution in [0.15, 0.2) is 35.7 Å². The fourth-order valence-corrected chi connectivity index (χ4v) is 3.46. The molecule has 0 bridgehead atoms. The van der Waals surface area contributed by atoms with E-state index in [1.54, 1.807) is 6.33 Å². The molecule has 1 aromatic carbocycles. The first kappa shape index (κ1) is 19.5. The molecule has 0 spiro atoms. The molecule has 0 aliphatic rings. The lowest BCUT2D eigenvalue weighted by atomic mass is 10.00. The van der Waals surface area contributed by atoms with Gasteiger partial charge in [0.2, 0.25) is 5.91 Å². The Morgan fingerprint density at radius 2 is 1.84 bits per heavy atom. The van der Waals surface area contributed by atoms with E-state index in [4.69, 9.17) is 0 Å². The molecule has 0 fully saturated rings. The van der Waals surface area contributed by atoms with Gasteiger partial charge in [0.05, 0.1) is 11.8 Å². The van der Waals surface area contributed by atoms with Gasteiger partial charge in [-0.25, -0.2) is 0 Å². The lowest BCUT2D eigenvalue weighted by Gasteiger charge is -2.15. The third-order valence-electron chi connectivity index (χ3n) is 3.93. The Morgan fingerprint density at radius 3 is 2.44 bits per heavy atom. The minimum absolute atomic E-state index is 0.00191. The highest BCUT2D eigenvalue weighted by Gasteiger charge is 2.13. The van der Waals surface area contributed by atoms with Crippen LogP contribution in [0.3, 0.4) is 0 Å². The first-order valence-electron chi connectivity index (χ1n) is 8.77. The van der Waals surface area contributed by atoms with Crippen molar-refractivity contribution in [3.8, 4) is 0 Å². The summed E-state index contributed by atoms with van der Waals surface area (Å²) in [6.07, 6.45) is 2.78. The maximum absolute atomic E-state index is 12.2. The normalized spacial score (nSPS) is 12.6. The number of nitrogens with one attached hydrogen (secondary N) is 1. The fourth-order valence-electron chi connectivity index (χ4n) is 2.60. The first-order chi connectivity index (χ1) is 11.9. The Labute approximate surface area is 154 Å². The Kier molecular flexibility index (Phi) is 7.05. The number of thioether (sulfide) groups is 1. The Bertz CT molecular complexity index is 679. The Balaban J connectivity index is 1.86. The van der Waals surface area contributed by atoms with E-state index in [1.807, 2.05) is 11.5 Å². The highest BCUT2D eigenvalue weighted by Crippen LogP contribution is 2.19. The van der Waals surface area contributed by atoms with Crippen LogP contribution < -0.4 is 5.32 Å². The van der Waals surface area contributed by atoms with Crippen LogP contribution >= 0.6 is 11.8 Å². The maximum Gasteiger partial charge on any atom is 0.230 e. The number of benzene rings is 1. The van der Waals surface area contributed by atoms with Crippen LogP contribution in [0, 0.1) is 5.92 Å². The molecule has 0 saturated heterocycles. The number of amides is 1. The topological polar surface area (TPSA) is 59.8 Å². The average molecular weight is 361 g/mol. The molecule has 0 radical (unpaired) electrons. The molecule has 136 valence electrons. The van der Waals surface area contributed by atoms with Gasteiger partial charge in [0.25, 0.3) is 0 Å². The summed E-state index contributed by atoms with van der Waals surface area (Å²) >= 11 is 1.41. The third-order valence-corrected chi connectivity index (χ3v) is 4.89. The smallest absolute Gasteiger partial charge is 0.230 e. The van der Waals surface area contributed by atoms with Crippen molar-refractivity contribution in [3.05, 3.63) is 41.7 Å². The summed E-state index contributed by atoms with van der Waals surface area (Å²) in [6, 6.07) is 8.78. The lowest BCUT2D eigenvalue weighted by Crippen LogP contribution is -2.28. The molecule has 25 heavy (non-hydrogen) atoms. The van der Waals surface area contributed by atoms with Gasteiger partial charge in [-0.05, 0) is 44.2 Å². The molecule has 0 saturated carbocycles. The van der Waals surface area contributed by atoms with Crippen molar-refractivity contribution in [2.75, 3.05) is 5.75 Å². The molecular formula is C19H28N4OS. The molecule has 2 aromatic rings. The van der Waals surface area contributed by atoms with Crippen LogP contribution in [0.25, 0.3) is 0 Å². The minimum Gasteiger partial charge on any atom is -0.349 e. The summed E-state index contributed by atoms with van der Waals surface area (Å²) in [5, 5.41) is 11.8. The molecular weight excluding hydrogens is 332 g/mol. The lowest BCUT2D eigenvalue weighted by molar-refractivity contribution is -0.119. The number of nitrogens with zero attached hydrogens (tertiary/aromatic N) is 3. The van der Waals surface area contributed by atoms with Crippen molar-refractivity contribution < 1.29 is 4.79 Å². The van der Waals surface area contributed by atoms with Crippen molar-refractivity contribution in [2.24, 2.45) is 5.92 Å². The zero-order chi connectivity index (χ0) is 18.4. The van der Waals surface area contributed by atoms with Crippen LogP contribution in [0.5, 0.6) is 0 Å². The molecule has 1 aromatic heterocycles. The van der Waals surface area contributed by atoms with E-state index in [2.05, 4.69) is 67.5 Å². The molecule has 2 rings (SSSR count). The predicted molar refractivity (Wildman–Crippen MR) is 103 cm³/mol. The zero-order valence-electron chi connectivity index (χ0n) is 15.7. The van der Waals surface area contributed by atoms with E-state index in [1.165, 1.54) is 17.3 Å². The van der Waals surface area contributed by atoms with E-state index < -0.39 is 0 Å². The predicted octanol–water partition coefficient (Wildman–Crippen LogP) is 4.03. The molecule has 1 amide bonds. The summed E-state index contributed by atoms with van der Waals surface area (Å²) in [4.78, 5) is 12.2. The van der Waals surface area contributed by atoms with Crippen molar-refractivity contribution in [1.82, 2.24) is 20.1 Å². The fraction of sp³-hybridized carbons (Fsp3) is 0.526. The highest BCUT2D eigenvalue weighted by molar-refractivity contribution is 7.99. The Hall–Kier alpha value is -1.82. The molecule has 6 heteroatoms. The number of carbonyl (C=O) groups is 1. The monoisotopic (exact) mass is 360 g/mol. The quantitative estimate of drug-likeness (QED) is 0.722. The molecule has 1 heterocycles. The summed E-state index contributed by atoms with van der Waals surface area (Å²) in [7, 11) is 0. The van der Waals surface area contributed by atoms with Crippen LogP contribution in [0.4, 0.5) is 0 Å². The van der Waals surface area contributed by atoms with Gasteiger partial charge < -0.3 is 9.88 Å². The maximum atomic E-state index is 12.2. The van der Waals surface area contributed by atoms with Gasteiger partial charge in [-0.1, -0.05) is 49.9 Å².